The van der Waals surface area contributed by atoms with Crippen LogP contribution in [0, 0.1) is 13.8 Å². The summed E-state index contributed by atoms with van der Waals surface area (Å²) in [7, 11) is 0. The Hall–Kier alpha value is -3.01. The van der Waals surface area contributed by atoms with Gasteiger partial charge in [0.15, 0.2) is 0 Å². The first-order valence-electron chi connectivity index (χ1n) is 9.87. The molecule has 1 fully saturated rings. The van der Waals surface area contributed by atoms with Crippen LogP contribution in [-0.4, -0.2) is 34.1 Å². The molecule has 2 heterocycles. The van der Waals surface area contributed by atoms with E-state index in [4.69, 9.17) is 0 Å². The molecule has 0 N–H and O–H groups in total. The maximum atomic E-state index is 13.0. The van der Waals surface area contributed by atoms with Crippen LogP contribution in [0.25, 0.3) is 11.3 Å². The van der Waals surface area contributed by atoms with E-state index in [9.17, 15) is 4.79 Å². The van der Waals surface area contributed by atoms with Gasteiger partial charge in [0.1, 0.15) is 0 Å². The molecule has 1 aliphatic heterocycles. The predicted molar refractivity (Wildman–Crippen MR) is 111 cm³/mol. The fourth-order valence-corrected chi connectivity index (χ4v) is 3.88. The minimum atomic E-state index is 0.110. The molecule has 0 saturated carbocycles. The second kappa shape index (κ2) is 7.93. The maximum Gasteiger partial charge on any atom is 0.253 e. The predicted octanol–water partition coefficient (Wildman–Crippen LogP) is 4.78. The summed E-state index contributed by atoms with van der Waals surface area (Å²) in [5.74, 6) is 0.526. The van der Waals surface area contributed by atoms with Crippen molar-refractivity contribution < 1.29 is 4.79 Å². The third-order valence-corrected chi connectivity index (χ3v) is 5.45. The summed E-state index contributed by atoms with van der Waals surface area (Å²) >= 11 is 0. The highest BCUT2D eigenvalue weighted by Gasteiger charge is 2.25. The van der Waals surface area contributed by atoms with Gasteiger partial charge < -0.3 is 4.90 Å². The number of benzene rings is 2. The van der Waals surface area contributed by atoms with Crippen molar-refractivity contribution in [3.63, 3.8) is 0 Å². The summed E-state index contributed by atoms with van der Waals surface area (Å²) < 4.78 is 0. The molecular formula is C24H25N3O. The van der Waals surface area contributed by atoms with Gasteiger partial charge in [0, 0.05) is 30.1 Å². The van der Waals surface area contributed by atoms with Gasteiger partial charge in [-0.05, 0) is 56.5 Å². The zero-order valence-corrected chi connectivity index (χ0v) is 16.4. The molecule has 1 aliphatic rings. The Balaban J connectivity index is 1.48. The quantitative estimate of drug-likeness (QED) is 0.666. The van der Waals surface area contributed by atoms with Gasteiger partial charge in [0.05, 0.1) is 11.4 Å². The Kier molecular flexibility index (Phi) is 5.20. The summed E-state index contributed by atoms with van der Waals surface area (Å²) in [6.07, 6.45) is 2.18. The van der Waals surface area contributed by atoms with Crippen LogP contribution in [0.5, 0.6) is 0 Å². The van der Waals surface area contributed by atoms with Crippen molar-refractivity contribution in [2.75, 3.05) is 13.1 Å². The van der Waals surface area contributed by atoms with E-state index < -0.39 is 0 Å². The number of amides is 1. The highest BCUT2D eigenvalue weighted by atomic mass is 16.2. The Bertz CT molecular complexity index is 964. The van der Waals surface area contributed by atoms with E-state index in [-0.39, 0.29) is 5.91 Å². The van der Waals surface area contributed by atoms with Gasteiger partial charge in [-0.3, -0.25) is 4.79 Å². The Morgan fingerprint density at radius 2 is 1.82 bits per heavy atom. The van der Waals surface area contributed by atoms with E-state index in [0.29, 0.717) is 5.92 Å². The SMILES string of the molecule is Cc1cccc(C2CCCN(C(=O)c3ccc(-c4ccc(C)nn4)cc3)C2)c1. The fourth-order valence-electron chi connectivity index (χ4n) is 3.88. The van der Waals surface area contributed by atoms with E-state index in [1.165, 1.54) is 11.1 Å². The van der Waals surface area contributed by atoms with Crippen LogP contribution in [-0.2, 0) is 0 Å². The third-order valence-electron chi connectivity index (χ3n) is 5.45. The van der Waals surface area contributed by atoms with Gasteiger partial charge in [0.25, 0.3) is 5.91 Å². The van der Waals surface area contributed by atoms with Gasteiger partial charge in [-0.25, -0.2) is 0 Å². The van der Waals surface area contributed by atoms with E-state index in [2.05, 4.69) is 41.4 Å². The Morgan fingerprint density at radius 3 is 2.54 bits per heavy atom. The zero-order chi connectivity index (χ0) is 19.5. The van der Waals surface area contributed by atoms with E-state index in [0.717, 1.165) is 48.4 Å². The molecule has 3 aromatic rings. The molecule has 28 heavy (non-hydrogen) atoms. The molecule has 2 aromatic carbocycles. The Labute approximate surface area is 166 Å². The molecule has 142 valence electrons. The van der Waals surface area contributed by atoms with Crippen molar-refractivity contribution in [3.8, 4) is 11.3 Å². The van der Waals surface area contributed by atoms with Crippen LogP contribution in [0.4, 0.5) is 0 Å². The summed E-state index contributed by atoms with van der Waals surface area (Å²) in [5.41, 5.74) is 6.03. The number of carbonyl (C=O) groups is 1. The number of hydrogen-bond donors (Lipinski definition) is 0. The average Bonchev–Trinajstić information content (AvgIpc) is 2.74. The highest BCUT2D eigenvalue weighted by Crippen LogP contribution is 2.28. The van der Waals surface area contributed by atoms with Crippen LogP contribution in [0.3, 0.4) is 0 Å². The average molecular weight is 371 g/mol. The lowest BCUT2D eigenvalue weighted by atomic mass is 9.89. The van der Waals surface area contributed by atoms with Crippen molar-refractivity contribution in [3.05, 3.63) is 83.0 Å². The molecular weight excluding hydrogens is 346 g/mol. The highest BCUT2D eigenvalue weighted by molar-refractivity contribution is 5.94. The zero-order valence-electron chi connectivity index (χ0n) is 16.4. The largest absolute Gasteiger partial charge is 0.338 e. The second-order valence-electron chi connectivity index (χ2n) is 7.64. The van der Waals surface area contributed by atoms with E-state index in [1.54, 1.807) is 0 Å². The normalized spacial score (nSPS) is 16.8. The smallest absolute Gasteiger partial charge is 0.253 e. The van der Waals surface area contributed by atoms with Crippen LogP contribution in [0.2, 0.25) is 0 Å². The van der Waals surface area contributed by atoms with Crippen molar-refractivity contribution in [2.24, 2.45) is 0 Å². The van der Waals surface area contributed by atoms with Crippen LogP contribution in [0.15, 0.2) is 60.7 Å². The molecule has 4 nitrogen and oxygen atoms in total. The van der Waals surface area contributed by atoms with Crippen LogP contribution >= 0.6 is 0 Å². The molecule has 0 radical (unpaired) electrons. The maximum absolute atomic E-state index is 13.0. The first-order valence-corrected chi connectivity index (χ1v) is 9.87. The van der Waals surface area contributed by atoms with E-state index >= 15 is 0 Å². The van der Waals surface area contributed by atoms with Crippen LogP contribution in [0.1, 0.15) is 45.9 Å². The van der Waals surface area contributed by atoms with Gasteiger partial charge in [-0.2, -0.15) is 10.2 Å². The van der Waals surface area contributed by atoms with Crippen LogP contribution < -0.4 is 0 Å². The van der Waals surface area contributed by atoms with Gasteiger partial charge in [-0.15, -0.1) is 0 Å². The van der Waals surface area contributed by atoms with Crippen molar-refractivity contribution in [1.82, 2.24) is 15.1 Å². The topological polar surface area (TPSA) is 46.1 Å². The third kappa shape index (κ3) is 3.96. The molecule has 0 bridgehead atoms. The van der Waals surface area contributed by atoms with Crippen molar-refractivity contribution >= 4 is 5.91 Å². The first-order chi connectivity index (χ1) is 13.6. The minimum Gasteiger partial charge on any atom is -0.338 e. The fraction of sp³-hybridized carbons (Fsp3) is 0.292. The summed E-state index contributed by atoms with van der Waals surface area (Å²) in [6.45, 7) is 5.65. The van der Waals surface area contributed by atoms with Gasteiger partial charge >= 0.3 is 0 Å². The van der Waals surface area contributed by atoms with Gasteiger partial charge in [0.2, 0.25) is 0 Å². The van der Waals surface area contributed by atoms with Crippen molar-refractivity contribution in [2.45, 2.75) is 32.6 Å². The molecule has 4 rings (SSSR count). The molecule has 1 saturated heterocycles. The molecule has 0 aliphatic carbocycles. The number of piperidine rings is 1. The number of aromatic nitrogens is 2. The molecule has 1 atom stereocenters. The number of carbonyl (C=O) groups excluding carboxylic acids is 1. The molecule has 1 aromatic heterocycles. The summed E-state index contributed by atoms with van der Waals surface area (Å²) in [6, 6.07) is 20.3. The van der Waals surface area contributed by atoms with Gasteiger partial charge in [-0.1, -0.05) is 42.0 Å². The number of nitrogens with zero attached hydrogens (tertiary/aromatic N) is 3. The number of likely N-dealkylation sites (tertiary alicyclic amines) is 1. The molecule has 0 spiro atoms. The standard InChI is InChI=1S/C24H25N3O/c1-17-5-3-6-21(15-17)22-7-4-14-27(16-22)24(28)20-11-9-19(10-12-20)23-13-8-18(2)25-26-23/h3,5-6,8-13,15,22H,4,7,14,16H2,1-2H3. The number of hydrogen-bond acceptors (Lipinski definition) is 3. The lowest BCUT2D eigenvalue weighted by Crippen LogP contribution is -2.39. The minimum absolute atomic E-state index is 0.110. The summed E-state index contributed by atoms with van der Waals surface area (Å²) in [4.78, 5) is 15.0. The number of rotatable bonds is 3. The monoisotopic (exact) mass is 371 g/mol. The number of aryl methyl sites for hydroxylation is 2. The van der Waals surface area contributed by atoms with Crippen molar-refractivity contribution in [1.29, 1.82) is 0 Å². The lowest BCUT2D eigenvalue weighted by Gasteiger charge is -2.33. The molecule has 1 amide bonds. The molecule has 4 heteroatoms. The lowest BCUT2D eigenvalue weighted by molar-refractivity contribution is 0.0707. The Morgan fingerprint density at radius 1 is 1.00 bits per heavy atom. The molecule has 1 unspecified atom stereocenters. The van der Waals surface area contributed by atoms with E-state index in [1.807, 2.05) is 48.2 Å². The first kappa shape index (κ1) is 18.4. The summed E-state index contributed by atoms with van der Waals surface area (Å²) in [5, 5.41) is 8.32. The second-order valence-corrected chi connectivity index (χ2v) is 7.64.